The van der Waals surface area contributed by atoms with Crippen LogP contribution in [0.25, 0.3) is 0 Å². The van der Waals surface area contributed by atoms with Crippen LogP contribution in [-0.4, -0.2) is 30.5 Å². The lowest BCUT2D eigenvalue weighted by atomic mass is 10.3. The second-order valence-electron chi connectivity index (χ2n) is 3.14. The van der Waals surface area contributed by atoms with Gasteiger partial charge in [-0.15, -0.1) is 11.6 Å². The Morgan fingerprint density at radius 1 is 1.50 bits per heavy atom. The second-order valence-corrected chi connectivity index (χ2v) is 4.32. The SMILES string of the molecule is COCN(C(=O)C(Cl)CBr)c1ccccc1. The van der Waals surface area contributed by atoms with Crippen molar-refractivity contribution in [2.45, 2.75) is 5.38 Å². The van der Waals surface area contributed by atoms with Crippen LogP contribution in [0.1, 0.15) is 0 Å². The first-order chi connectivity index (χ1) is 7.70. The van der Waals surface area contributed by atoms with E-state index >= 15 is 0 Å². The average Bonchev–Trinajstić information content (AvgIpc) is 2.35. The highest BCUT2D eigenvalue weighted by Crippen LogP contribution is 2.16. The number of amides is 1. The van der Waals surface area contributed by atoms with Crippen LogP contribution in [0, 0.1) is 0 Å². The molecule has 0 aliphatic heterocycles. The lowest BCUT2D eigenvalue weighted by molar-refractivity contribution is -0.118. The molecule has 3 nitrogen and oxygen atoms in total. The molecule has 1 amide bonds. The van der Waals surface area contributed by atoms with E-state index in [1.54, 1.807) is 7.11 Å². The van der Waals surface area contributed by atoms with Gasteiger partial charge >= 0.3 is 0 Å². The topological polar surface area (TPSA) is 29.5 Å². The Morgan fingerprint density at radius 2 is 2.12 bits per heavy atom. The van der Waals surface area contributed by atoms with Crippen molar-refractivity contribution in [3.8, 4) is 0 Å². The molecule has 1 rings (SSSR count). The number of carbonyl (C=O) groups excluding carboxylic acids is 1. The van der Waals surface area contributed by atoms with Gasteiger partial charge in [0.15, 0.2) is 0 Å². The number of rotatable bonds is 5. The summed E-state index contributed by atoms with van der Waals surface area (Å²) in [4.78, 5) is 13.5. The average molecular weight is 307 g/mol. The third kappa shape index (κ3) is 3.47. The number of halogens is 2. The van der Waals surface area contributed by atoms with Crippen molar-refractivity contribution in [1.82, 2.24) is 0 Å². The Labute approximate surface area is 108 Å². The summed E-state index contributed by atoms with van der Waals surface area (Å²) < 4.78 is 5.01. The molecule has 0 bridgehead atoms. The van der Waals surface area contributed by atoms with Crippen LogP contribution in [0.5, 0.6) is 0 Å². The first-order valence-corrected chi connectivity index (χ1v) is 6.32. The van der Waals surface area contributed by atoms with Crippen molar-refractivity contribution < 1.29 is 9.53 Å². The molecule has 1 unspecified atom stereocenters. The van der Waals surface area contributed by atoms with Crippen molar-refractivity contribution in [3.63, 3.8) is 0 Å². The number of para-hydroxylation sites is 1. The van der Waals surface area contributed by atoms with Gasteiger partial charge in [0.05, 0.1) is 0 Å². The summed E-state index contributed by atoms with van der Waals surface area (Å²) in [6.07, 6.45) is 0. The van der Waals surface area contributed by atoms with Crippen LogP contribution < -0.4 is 4.90 Å². The third-order valence-electron chi connectivity index (χ3n) is 2.00. The number of methoxy groups -OCH3 is 1. The summed E-state index contributed by atoms with van der Waals surface area (Å²) >= 11 is 9.09. The van der Waals surface area contributed by atoms with E-state index in [2.05, 4.69) is 15.9 Å². The number of alkyl halides is 2. The quantitative estimate of drug-likeness (QED) is 0.618. The molecule has 1 atom stereocenters. The van der Waals surface area contributed by atoms with Crippen molar-refractivity contribution in [2.24, 2.45) is 0 Å². The van der Waals surface area contributed by atoms with Gasteiger partial charge in [-0.3, -0.25) is 9.69 Å². The van der Waals surface area contributed by atoms with Gasteiger partial charge in [-0.2, -0.15) is 0 Å². The summed E-state index contributed by atoms with van der Waals surface area (Å²) in [5.74, 6) is -0.174. The molecule has 88 valence electrons. The van der Waals surface area contributed by atoms with Crippen LogP contribution in [0.4, 0.5) is 5.69 Å². The van der Waals surface area contributed by atoms with E-state index in [1.165, 1.54) is 4.90 Å². The minimum atomic E-state index is -0.588. The molecule has 0 heterocycles. The smallest absolute Gasteiger partial charge is 0.247 e. The van der Waals surface area contributed by atoms with E-state index in [9.17, 15) is 4.79 Å². The van der Waals surface area contributed by atoms with Crippen LogP contribution in [0.15, 0.2) is 30.3 Å². The van der Waals surface area contributed by atoms with Gasteiger partial charge in [0, 0.05) is 18.1 Å². The zero-order chi connectivity index (χ0) is 12.0. The Hall–Kier alpha value is -0.580. The van der Waals surface area contributed by atoms with Crippen molar-refractivity contribution in [2.75, 3.05) is 24.1 Å². The molecular formula is C11H13BrClNO2. The van der Waals surface area contributed by atoms with Gasteiger partial charge in [-0.1, -0.05) is 34.1 Å². The molecule has 0 fully saturated rings. The molecule has 0 saturated carbocycles. The van der Waals surface area contributed by atoms with Crippen molar-refractivity contribution in [3.05, 3.63) is 30.3 Å². The van der Waals surface area contributed by atoms with Gasteiger partial charge in [-0.05, 0) is 12.1 Å². The van der Waals surface area contributed by atoms with Crippen LogP contribution in [-0.2, 0) is 9.53 Å². The first-order valence-electron chi connectivity index (χ1n) is 4.76. The minimum absolute atomic E-state index is 0.174. The molecule has 0 aliphatic rings. The predicted octanol–water partition coefficient (Wildman–Crippen LogP) is 2.63. The second kappa shape index (κ2) is 6.89. The Bertz CT molecular complexity index is 334. The number of nitrogens with zero attached hydrogens (tertiary/aromatic N) is 1. The van der Waals surface area contributed by atoms with Crippen molar-refractivity contribution >= 4 is 39.1 Å². The lowest BCUT2D eigenvalue weighted by Crippen LogP contribution is -2.38. The molecule has 1 aromatic carbocycles. The van der Waals surface area contributed by atoms with Crippen LogP contribution in [0.2, 0.25) is 0 Å². The van der Waals surface area contributed by atoms with E-state index in [4.69, 9.17) is 16.3 Å². The van der Waals surface area contributed by atoms with Crippen molar-refractivity contribution in [1.29, 1.82) is 0 Å². The Morgan fingerprint density at radius 3 is 2.62 bits per heavy atom. The van der Waals surface area contributed by atoms with Crippen LogP contribution >= 0.6 is 27.5 Å². The Kier molecular flexibility index (Phi) is 5.80. The number of anilines is 1. The van der Waals surface area contributed by atoms with Gasteiger partial charge in [0.25, 0.3) is 0 Å². The third-order valence-corrected chi connectivity index (χ3v) is 3.36. The predicted molar refractivity (Wildman–Crippen MR) is 69.2 cm³/mol. The van der Waals surface area contributed by atoms with E-state index in [0.717, 1.165) is 5.69 Å². The monoisotopic (exact) mass is 305 g/mol. The number of hydrogen-bond donors (Lipinski definition) is 0. The largest absolute Gasteiger partial charge is 0.364 e. The molecule has 1 aromatic rings. The Balaban J connectivity index is 2.87. The fourth-order valence-corrected chi connectivity index (χ4v) is 1.63. The van der Waals surface area contributed by atoms with E-state index in [1.807, 2.05) is 30.3 Å². The van der Waals surface area contributed by atoms with Gasteiger partial charge in [-0.25, -0.2) is 0 Å². The maximum absolute atomic E-state index is 11.9. The summed E-state index contributed by atoms with van der Waals surface area (Å²) in [6.45, 7) is 0.194. The number of benzene rings is 1. The standard InChI is InChI=1S/C11H13BrClNO2/c1-16-8-14(11(15)10(13)7-12)9-5-3-2-4-6-9/h2-6,10H,7-8H2,1H3. The zero-order valence-corrected chi connectivity index (χ0v) is 11.2. The summed E-state index contributed by atoms with van der Waals surface area (Å²) in [5, 5.41) is -0.171. The fraction of sp³-hybridized carbons (Fsp3) is 0.364. The highest BCUT2D eigenvalue weighted by atomic mass is 79.9. The zero-order valence-electron chi connectivity index (χ0n) is 8.90. The molecule has 0 aromatic heterocycles. The normalized spacial score (nSPS) is 12.2. The maximum Gasteiger partial charge on any atom is 0.247 e. The molecule has 16 heavy (non-hydrogen) atoms. The van der Waals surface area contributed by atoms with Gasteiger partial charge < -0.3 is 4.74 Å². The molecule has 0 saturated heterocycles. The molecule has 0 spiro atoms. The molecule has 0 N–H and O–H groups in total. The first kappa shape index (κ1) is 13.5. The fourth-order valence-electron chi connectivity index (χ4n) is 1.24. The van der Waals surface area contributed by atoms with Gasteiger partial charge in [0.1, 0.15) is 12.1 Å². The van der Waals surface area contributed by atoms with Crippen LogP contribution in [0.3, 0.4) is 0 Å². The molecular weight excluding hydrogens is 293 g/mol. The highest BCUT2D eigenvalue weighted by molar-refractivity contribution is 9.09. The number of ether oxygens (including phenoxy) is 1. The highest BCUT2D eigenvalue weighted by Gasteiger charge is 2.22. The van der Waals surface area contributed by atoms with Gasteiger partial charge in [0.2, 0.25) is 5.91 Å². The van der Waals surface area contributed by atoms with E-state index in [-0.39, 0.29) is 12.6 Å². The molecule has 0 aliphatic carbocycles. The maximum atomic E-state index is 11.9. The minimum Gasteiger partial charge on any atom is -0.364 e. The van der Waals surface area contributed by atoms with E-state index in [0.29, 0.717) is 5.33 Å². The molecule has 0 radical (unpaired) electrons. The summed E-state index contributed by atoms with van der Waals surface area (Å²) in [7, 11) is 1.54. The van der Waals surface area contributed by atoms with E-state index < -0.39 is 5.38 Å². The number of carbonyl (C=O) groups is 1. The molecule has 5 heteroatoms. The summed E-state index contributed by atoms with van der Waals surface area (Å²) in [5.41, 5.74) is 0.779. The lowest BCUT2D eigenvalue weighted by Gasteiger charge is -2.23. The number of hydrogen-bond acceptors (Lipinski definition) is 2. The summed E-state index contributed by atoms with van der Waals surface area (Å²) in [6, 6.07) is 9.30.